The molecule has 4 atom stereocenters. The van der Waals surface area contributed by atoms with Crippen molar-refractivity contribution in [2.24, 2.45) is 17.6 Å². The Kier molecular flexibility index (Phi) is 5.85. The topological polar surface area (TPSA) is 58.4 Å². The van der Waals surface area contributed by atoms with Crippen molar-refractivity contribution in [3.8, 4) is 0 Å². The van der Waals surface area contributed by atoms with E-state index in [2.05, 4.69) is 24.1 Å². The summed E-state index contributed by atoms with van der Waals surface area (Å²) in [5.41, 5.74) is 6.15. The van der Waals surface area contributed by atoms with Crippen LogP contribution in [0.25, 0.3) is 0 Å². The molecule has 0 aromatic heterocycles. The van der Waals surface area contributed by atoms with Gasteiger partial charge in [-0.15, -0.1) is 0 Å². The molecule has 1 aliphatic carbocycles. The number of amides is 1. The lowest BCUT2D eigenvalue weighted by molar-refractivity contribution is -0.128. The lowest BCUT2D eigenvalue weighted by Crippen LogP contribution is -2.50. The average molecular weight is 281 g/mol. The highest BCUT2D eigenvalue weighted by molar-refractivity contribution is 5.79. The molecule has 1 aliphatic heterocycles. The second kappa shape index (κ2) is 7.41. The first-order valence-electron chi connectivity index (χ1n) is 8.37. The molecule has 4 heteroatoms. The van der Waals surface area contributed by atoms with Gasteiger partial charge < -0.3 is 11.1 Å². The van der Waals surface area contributed by atoms with Gasteiger partial charge >= 0.3 is 0 Å². The number of nitrogens with zero attached hydrogens (tertiary/aromatic N) is 1. The smallest absolute Gasteiger partial charge is 0.225 e. The Hall–Kier alpha value is -0.610. The van der Waals surface area contributed by atoms with Crippen molar-refractivity contribution in [1.82, 2.24) is 10.2 Å². The van der Waals surface area contributed by atoms with E-state index in [1.165, 1.54) is 32.4 Å². The number of carbonyl (C=O) groups is 1. The van der Waals surface area contributed by atoms with Crippen LogP contribution in [0.4, 0.5) is 0 Å². The highest BCUT2D eigenvalue weighted by Crippen LogP contribution is 2.29. The highest BCUT2D eigenvalue weighted by Gasteiger charge is 2.34. The SMILES string of the molecule is CC1CCCC(N)C1C(=O)NCC(C)N1CCCCC1. The fraction of sp³-hybridized carbons (Fsp3) is 0.938. The van der Waals surface area contributed by atoms with Crippen molar-refractivity contribution in [3.63, 3.8) is 0 Å². The van der Waals surface area contributed by atoms with Gasteiger partial charge in [-0.2, -0.15) is 0 Å². The molecule has 2 rings (SSSR count). The van der Waals surface area contributed by atoms with E-state index in [1.54, 1.807) is 0 Å². The number of piperidine rings is 1. The molecule has 0 aromatic carbocycles. The summed E-state index contributed by atoms with van der Waals surface area (Å²) in [5, 5.41) is 3.15. The lowest BCUT2D eigenvalue weighted by Gasteiger charge is -2.35. The Morgan fingerprint density at radius 2 is 1.95 bits per heavy atom. The zero-order chi connectivity index (χ0) is 14.5. The van der Waals surface area contributed by atoms with Gasteiger partial charge in [-0.25, -0.2) is 0 Å². The highest BCUT2D eigenvalue weighted by atomic mass is 16.1. The average Bonchev–Trinajstić information content (AvgIpc) is 2.45. The van der Waals surface area contributed by atoms with Gasteiger partial charge in [0, 0.05) is 18.6 Å². The summed E-state index contributed by atoms with van der Waals surface area (Å²) in [6.07, 6.45) is 7.23. The van der Waals surface area contributed by atoms with Crippen molar-refractivity contribution in [3.05, 3.63) is 0 Å². The van der Waals surface area contributed by atoms with Crippen LogP contribution < -0.4 is 11.1 Å². The second-order valence-electron chi connectivity index (χ2n) is 6.79. The maximum Gasteiger partial charge on any atom is 0.225 e. The molecule has 0 radical (unpaired) electrons. The molecule has 0 aromatic rings. The van der Waals surface area contributed by atoms with Crippen LogP contribution in [0.5, 0.6) is 0 Å². The summed E-state index contributed by atoms with van der Waals surface area (Å²) < 4.78 is 0. The fourth-order valence-electron chi connectivity index (χ4n) is 3.76. The van der Waals surface area contributed by atoms with Crippen LogP contribution in [0.15, 0.2) is 0 Å². The summed E-state index contributed by atoms with van der Waals surface area (Å²) in [6.45, 7) is 7.49. The number of likely N-dealkylation sites (tertiary alicyclic amines) is 1. The van der Waals surface area contributed by atoms with Crippen LogP contribution in [0.2, 0.25) is 0 Å². The van der Waals surface area contributed by atoms with Gasteiger partial charge in [0.05, 0.1) is 5.92 Å². The molecule has 20 heavy (non-hydrogen) atoms. The summed E-state index contributed by atoms with van der Waals surface area (Å²) in [7, 11) is 0. The zero-order valence-corrected chi connectivity index (χ0v) is 13.1. The van der Waals surface area contributed by atoms with Crippen LogP contribution in [-0.4, -0.2) is 42.5 Å². The first kappa shape index (κ1) is 15.8. The molecule has 2 fully saturated rings. The van der Waals surface area contributed by atoms with Crippen molar-refractivity contribution >= 4 is 5.91 Å². The van der Waals surface area contributed by atoms with Gasteiger partial charge in [0.2, 0.25) is 5.91 Å². The molecule has 1 amide bonds. The monoisotopic (exact) mass is 281 g/mol. The Balaban J connectivity index is 1.78. The largest absolute Gasteiger partial charge is 0.354 e. The van der Waals surface area contributed by atoms with Gasteiger partial charge in [0.1, 0.15) is 0 Å². The maximum atomic E-state index is 12.4. The second-order valence-corrected chi connectivity index (χ2v) is 6.79. The molecule has 116 valence electrons. The van der Waals surface area contributed by atoms with E-state index in [4.69, 9.17) is 5.73 Å². The number of hydrogen-bond donors (Lipinski definition) is 2. The third kappa shape index (κ3) is 3.95. The molecule has 0 spiro atoms. The van der Waals surface area contributed by atoms with Gasteiger partial charge in [-0.05, 0) is 51.6 Å². The molecule has 3 N–H and O–H groups in total. The van der Waals surface area contributed by atoms with E-state index >= 15 is 0 Å². The number of nitrogens with two attached hydrogens (primary N) is 1. The number of rotatable bonds is 4. The predicted octanol–water partition coefficient (Wildman–Crippen LogP) is 1.74. The van der Waals surface area contributed by atoms with Crippen LogP contribution in [0, 0.1) is 11.8 Å². The minimum Gasteiger partial charge on any atom is -0.354 e. The molecule has 4 unspecified atom stereocenters. The van der Waals surface area contributed by atoms with E-state index in [0.29, 0.717) is 12.0 Å². The molecule has 0 bridgehead atoms. The van der Waals surface area contributed by atoms with Gasteiger partial charge in [-0.1, -0.05) is 19.8 Å². The van der Waals surface area contributed by atoms with Gasteiger partial charge in [-0.3, -0.25) is 9.69 Å². The minimum absolute atomic E-state index is 0.0114. The third-order valence-corrected chi connectivity index (χ3v) is 5.16. The van der Waals surface area contributed by atoms with Crippen LogP contribution >= 0.6 is 0 Å². The Bertz CT molecular complexity index is 305. The summed E-state index contributed by atoms with van der Waals surface area (Å²) in [6, 6.07) is 0.485. The van der Waals surface area contributed by atoms with Crippen molar-refractivity contribution in [2.45, 2.75) is 64.5 Å². The minimum atomic E-state index is 0.0114. The normalized spacial score (nSPS) is 33.6. The van der Waals surface area contributed by atoms with Crippen LogP contribution in [0.3, 0.4) is 0 Å². The number of hydrogen-bond acceptors (Lipinski definition) is 3. The quantitative estimate of drug-likeness (QED) is 0.825. The number of nitrogens with one attached hydrogen (secondary N) is 1. The number of carbonyl (C=O) groups excluding carboxylic acids is 1. The summed E-state index contributed by atoms with van der Waals surface area (Å²) >= 11 is 0. The molecule has 4 nitrogen and oxygen atoms in total. The summed E-state index contributed by atoms with van der Waals surface area (Å²) in [4.78, 5) is 14.9. The first-order chi connectivity index (χ1) is 9.59. The first-order valence-corrected chi connectivity index (χ1v) is 8.37. The summed E-state index contributed by atoms with van der Waals surface area (Å²) in [5.74, 6) is 0.606. The third-order valence-electron chi connectivity index (χ3n) is 5.16. The van der Waals surface area contributed by atoms with Crippen molar-refractivity contribution in [1.29, 1.82) is 0 Å². The van der Waals surface area contributed by atoms with Crippen LogP contribution in [0.1, 0.15) is 52.4 Å². The van der Waals surface area contributed by atoms with E-state index in [-0.39, 0.29) is 17.9 Å². The Morgan fingerprint density at radius 1 is 1.25 bits per heavy atom. The van der Waals surface area contributed by atoms with E-state index < -0.39 is 0 Å². The van der Waals surface area contributed by atoms with Crippen molar-refractivity contribution < 1.29 is 4.79 Å². The molecular weight excluding hydrogens is 250 g/mol. The molecule has 1 heterocycles. The standard InChI is InChI=1S/C16H31N3O/c1-12-7-6-8-14(17)15(12)16(20)18-11-13(2)19-9-4-3-5-10-19/h12-15H,3-11,17H2,1-2H3,(H,18,20). The fourth-order valence-corrected chi connectivity index (χ4v) is 3.76. The molecule has 1 saturated heterocycles. The Morgan fingerprint density at radius 3 is 2.60 bits per heavy atom. The van der Waals surface area contributed by atoms with E-state index in [1.807, 2.05) is 0 Å². The van der Waals surface area contributed by atoms with Crippen LogP contribution in [-0.2, 0) is 4.79 Å². The van der Waals surface area contributed by atoms with E-state index in [0.717, 1.165) is 25.8 Å². The van der Waals surface area contributed by atoms with Gasteiger partial charge in [0.25, 0.3) is 0 Å². The molecule has 1 saturated carbocycles. The van der Waals surface area contributed by atoms with Gasteiger partial charge in [0.15, 0.2) is 0 Å². The lowest BCUT2D eigenvalue weighted by atomic mass is 9.76. The maximum absolute atomic E-state index is 12.4. The molecular formula is C16H31N3O. The molecule has 2 aliphatic rings. The van der Waals surface area contributed by atoms with E-state index in [9.17, 15) is 4.79 Å². The van der Waals surface area contributed by atoms with Crippen molar-refractivity contribution in [2.75, 3.05) is 19.6 Å². The predicted molar refractivity (Wildman–Crippen MR) is 82.4 cm³/mol. The zero-order valence-electron chi connectivity index (χ0n) is 13.1. The Labute approximate surface area is 123 Å².